The van der Waals surface area contributed by atoms with Crippen LogP contribution in [-0.4, -0.2) is 44.3 Å². The van der Waals surface area contributed by atoms with Gasteiger partial charge in [-0.25, -0.2) is 9.97 Å². The molecular weight excluding hydrogens is 350 g/mol. The van der Waals surface area contributed by atoms with Crippen molar-refractivity contribution in [1.82, 2.24) is 19.4 Å². The normalized spacial score (nSPS) is 10.9. The number of nitrogens with two attached hydrogens (primary N) is 1. The Kier molecular flexibility index (Phi) is 5.02. The van der Waals surface area contributed by atoms with Crippen molar-refractivity contribution in [3.63, 3.8) is 0 Å². The van der Waals surface area contributed by atoms with Gasteiger partial charge >= 0.3 is 0 Å². The number of rotatable bonds is 6. The van der Waals surface area contributed by atoms with E-state index in [0.29, 0.717) is 29.8 Å². The highest BCUT2D eigenvalue weighted by Crippen LogP contribution is 2.22. The quantitative estimate of drug-likeness (QED) is 0.692. The molecule has 3 aromatic heterocycles. The van der Waals surface area contributed by atoms with E-state index in [9.17, 15) is 14.4 Å². The molecule has 0 spiro atoms. The Hall–Kier alpha value is -3.49. The van der Waals surface area contributed by atoms with E-state index in [-0.39, 0.29) is 23.7 Å². The van der Waals surface area contributed by atoms with Crippen LogP contribution in [0.5, 0.6) is 0 Å². The molecule has 3 heterocycles. The average Bonchev–Trinajstić information content (AvgIpc) is 3.19. The molecule has 0 aliphatic rings. The first kappa shape index (κ1) is 18.3. The Morgan fingerprint density at radius 2 is 1.96 bits per heavy atom. The number of carbonyl (C=O) groups is 2. The van der Waals surface area contributed by atoms with Crippen molar-refractivity contribution in [2.45, 2.75) is 20.4 Å². The number of likely N-dealkylation sites (N-methyl/N-ethyl adjacent to an activating group) is 1. The zero-order valence-corrected chi connectivity index (χ0v) is 15.0. The van der Waals surface area contributed by atoms with Gasteiger partial charge in [-0.05, 0) is 26.0 Å². The molecule has 0 bridgehead atoms. The van der Waals surface area contributed by atoms with Gasteiger partial charge in [0, 0.05) is 30.2 Å². The van der Waals surface area contributed by atoms with E-state index in [2.05, 4.69) is 9.97 Å². The molecule has 27 heavy (non-hydrogen) atoms. The maximum Gasteiger partial charge on any atom is 0.265 e. The Morgan fingerprint density at radius 1 is 1.22 bits per heavy atom. The van der Waals surface area contributed by atoms with Crippen molar-refractivity contribution >= 4 is 22.8 Å². The number of carbonyl (C=O) groups excluding carboxylic acids is 2. The number of fused-ring (bicyclic) bond motifs is 1. The second kappa shape index (κ2) is 7.40. The second-order valence-corrected chi connectivity index (χ2v) is 5.88. The molecule has 0 unspecified atom stereocenters. The predicted molar refractivity (Wildman–Crippen MR) is 97.9 cm³/mol. The lowest BCUT2D eigenvalue weighted by Crippen LogP contribution is -2.38. The fourth-order valence-electron chi connectivity index (χ4n) is 2.89. The van der Waals surface area contributed by atoms with Crippen molar-refractivity contribution in [1.29, 1.82) is 0 Å². The van der Waals surface area contributed by atoms with Gasteiger partial charge in [0.2, 0.25) is 5.91 Å². The van der Waals surface area contributed by atoms with E-state index in [4.69, 9.17) is 10.2 Å². The number of primary amides is 1. The largest absolute Gasteiger partial charge is 0.443 e. The van der Waals surface area contributed by atoms with Crippen LogP contribution in [-0.2, 0) is 11.3 Å². The van der Waals surface area contributed by atoms with Crippen LogP contribution in [0.4, 0.5) is 0 Å². The van der Waals surface area contributed by atoms with Crippen LogP contribution in [0.15, 0.2) is 40.1 Å². The number of oxazole rings is 1. The standard InChI is InChI=1S/C18H19N5O4/c1-3-22(4-2)15(24)9-23-17-11(6-13(16(19)25)18(23)26)5-12(7-21-17)14-8-20-10-27-14/h5-8,10H,3-4,9H2,1-2H3,(H2,19,25). The molecule has 3 aromatic rings. The van der Waals surface area contributed by atoms with Gasteiger partial charge in [0.15, 0.2) is 12.2 Å². The van der Waals surface area contributed by atoms with Gasteiger partial charge in [0.05, 0.1) is 6.20 Å². The topological polar surface area (TPSA) is 124 Å². The monoisotopic (exact) mass is 369 g/mol. The van der Waals surface area contributed by atoms with Gasteiger partial charge in [0.1, 0.15) is 17.8 Å². The third-order valence-corrected chi connectivity index (χ3v) is 4.32. The molecule has 0 saturated heterocycles. The van der Waals surface area contributed by atoms with Gasteiger partial charge in [-0.2, -0.15) is 0 Å². The summed E-state index contributed by atoms with van der Waals surface area (Å²) in [6.45, 7) is 4.50. The molecule has 140 valence electrons. The highest BCUT2D eigenvalue weighted by molar-refractivity contribution is 5.96. The van der Waals surface area contributed by atoms with Gasteiger partial charge in [0.25, 0.3) is 11.5 Å². The summed E-state index contributed by atoms with van der Waals surface area (Å²) in [6.07, 6.45) is 4.33. The summed E-state index contributed by atoms with van der Waals surface area (Å²) in [7, 11) is 0. The zero-order chi connectivity index (χ0) is 19.6. The lowest BCUT2D eigenvalue weighted by atomic mass is 10.1. The molecule has 0 aliphatic carbocycles. The minimum Gasteiger partial charge on any atom is -0.443 e. The molecule has 2 amide bonds. The summed E-state index contributed by atoms with van der Waals surface area (Å²) in [5, 5.41) is 0.490. The highest BCUT2D eigenvalue weighted by atomic mass is 16.3. The summed E-state index contributed by atoms with van der Waals surface area (Å²) in [5.41, 5.74) is 5.41. The van der Waals surface area contributed by atoms with Crippen molar-refractivity contribution in [3.05, 3.63) is 46.8 Å². The van der Waals surface area contributed by atoms with E-state index in [1.165, 1.54) is 29.4 Å². The number of amides is 2. The van der Waals surface area contributed by atoms with E-state index in [0.717, 1.165) is 0 Å². The summed E-state index contributed by atoms with van der Waals surface area (Å²) in [4.78, 5) is 46.7. The van der Waals surface area contributed by atoms with Crippen molar-refractivity contribution < 1.29 is 14.0 Å². The van der Waals surface area contributed by atoms with Gasteiger partial charge in [-0.15, -0.1) is 0 Å². The Balaban J connectivity index is 2.18. The SMILES string of the molecule is CCN(CC)C(=O)Cn1c(=O)c(C(N)=O)cc2cc(-c3cnco3)cnc21. The van der Waals surface area contributed by atoms with Crippen molar-refractivity contribution in [2.75, 3.05) is 13.1 Å². The Morgan fingerprint density at radius 3 is 2.56 bits per heavy atom. The molecular formula is C18H19N5O4. The maximum absolute atomic E-state index is 12.7. The van der Waals surface area contributed by atoms with Crippen LogP contribution in [0.3, 0.4) is 0 Å². The number of pyridine rings is 2. The van der Waals surface area contributed by atoms with Crippen LogP contribution < -0.4 is 11.3 Å². The number of hydrogen-bond donors (Lipinski definition) is 1. The smallest absolute Gasteiger partial charge is 0.265 e. The number of hydrogen-bond acceptors (Lipinski definition) is 6. The predicted octanol–water partition coefficient (Wildman–Crippen LogP) is 1.02. The third-order valence-electron chi connectivity index (χ3n) is 4.32. The molecule has 9 nitrogen and oxygen atoms in total. The Bertz CT molecular complexity index is 1050. The molecule has 9 heteroatoms. The maximum atomic E-state index is 12.7. The van der Waals surface area contributed by atoms with Gasteiger partial charge < -0.3 is 15.1 Å². The van der Waals surface area contributed by atoms with Gasteiger partial charge in [-0.3, -0.25) is 19.0 Å². The van der Waals surface area contributed by atoms with E-state index >= 15 is 0 Å². The molecule has 0 saturated carbocycles. The van der Waals surface area contributed by atoms with Crippen LogP contribution in [0.2, 0.25) is 0 Å². The first-order chi connectivity index (χ1) is 13.0. The van der Waals surface area contributed by atoms with Crippen LogP contribution in [0, 0.1) is 0 Å². The van der Waals surface area contributed by atoms with Crippen LogP contribution in [0.25, 0.3) is 22.4 Å². The highest BCUT2D eigenvalue weighted by Gasteiger charge is 2.19. The fraction of sp³-hybridized carbons (Fsp3) is 0.278. The molecule has 0 aliphatic heterocycles. The minimum atomic E-state index is -0.865. The van der Waals surface area contributed by atoms with Gasteiger partial charge in [-0.1, -0.05) is 0 Å². The molecule has 2 N–H and O–H groups in total. The van der Waals surface area contributed by atoms with Crippen LogP contribution in [0.1, 0.15) is 24.2 Å². The number of aromatic nitrogens is 3. The second-order valence-electron chi connectivity index (χ2n) is 5.88. The lowest BCUT2D eigenvalue weighted by Gasteiger charge is -2.20. The van der Waals surface area contributed by atoms with Crippen LogP contribution >= 0.6 is 0 Å². The summed E-state index contributed by atoms with van der Waals surface area (Å²) in [5.74, 6) is -0.621. The van der Waals surface area contributed by atoms with E-state index in [1.54, 1.807) is 11.0 Å². The Labute approximate surface area is 154 Å². The molecule has 3 rings (SSSR count). The molecule has 0 atom stereocenters. The van der Waals surface area contributed by atoms with E-state index < -0.39 is 11.5 Å². The third kappa shape index (κ3) is 3.43. The number of nitrogens with zero attached hydrogens (tertiary/aromatic N) is 4. The first-order valence-corrected chi connectivity index (χ1v) is 8.46. The average molecular weight is 369 g/mol. The lowest BCUT2D eigenvalue weighted by molar-refractivity contribution is -0.131. The zero-order valence-electron chi connectivity index (χ0n) is 15.0. The molecule has 0 radical (unpaired) electrons. The minimum absolute atomic E-state index is 0.202. The van der Waals surface area contributed by atoms with Crippen molar-refractivity contribution in [2.24, 2.45) is 5.73 Å². The molecule has 0 fully saturated rings. The van der Waals surface area contributed by atoms with E-state index in [1.807, 2.05) is 13.8 Å². The molecule has 0 aromatic carbocycles. The van der Waals surface area contributed by atoms with Crippen molar-refractivity contribution in [3.8, 4) is 11.3 Å². The fourth-order valence-corrected chi connectivity index (χ4v) is 2.89. The summed E-state index contributed by atoms with van der Waals surface area (Å²) >= 11 is 0. The summed E-state index contributed by atoms with van der Waals surface area (Å²) in [6, 6.07) is 3.08. The summed E-state index contributed by atoms with van der Waals surface area (Å²) < 4.78 is 6.43. The first-order valence-electron chi connectivity index (χ1n) is 8.46.